The molecule has 0 bridgehead atoms. The molecular weight excluding hydrogens is 327 g/mol. The summed E-state index contributed by atoms with van der Waals surface area (Å²) in [4.78, 5) is 39.1. The largest absolute Gasteiger partial charge is 0.479 e. The first-order valence-electron chi connectivity index (χ1n) is 8.46. The summed E-state index contributed by atoms with van der Waals surface area (Å²) in [6, 6.07) is 8.88. The summed E-state index contributed by atoms with van der Waals surface area (Å²) in [7, 11) is 0. The van der Waals surface area contributed by atoms with Crippen LogP contribution in [0.2, 0.25) is 0 Å². The molecule has 2 amide bonds. The lowest BCUT2D eigenvalue weighted by Gasteiger charge is -2.34. The van der Waals surface area contributed by atoms with Crippen molar-refractivity contribution in [3.63, 3.8) is 0 Å². The molecule has 0 saturated carbocycles. The molecule has 1 aromatic rings. The molecule has 0 aliphatic carbocycles. The zero-order chi connectivity index (χ0) is 18.0. The van der Waals surface area contributed by atoms with E-state index in [1.54, 1.807) is 29.2 Å². The van der Waals surface area contributed by atoms with Crippen LogP contribution in [0, 0.1) is 5.92 Å². The lowest BCUT2D eigenvalue weighted by atomic mass is 9.96. The zero-order valence-electron chi connectivity index (χ0n) is 13.9. The Labute approximate surface area is 145 Å². The Morgan fingerprint density at radius 1 is 1.12 bits per heavy atom. The molecule has 6 nitrogen and oxygen atoms in total. The quantitative estimate of drug-likeness (QED) is 0.899. The Hall–Kier alpha value is -2.44. The predicted molar refractivity (Wildman–Crippen MR) is 87.7 cm³/mol. The highest BCUT2D eigenvalue weighted by Crippen LogP contribution is 2.29. The molecule has 3 rings (SSSR count). The molecule has 1 aromatic carbocycles. The number of carboxylic acid groups (broad SMARTS) is 1. The van der Waals surface area contributed by atoms with E-state index in [-0.39, 0.29) is 31.3 Å². The Balaban J connectivity index is 1.65. The molecule has 2 saturated heterocycles. The molecule has 0 spiro atoms. The van der Waals surface area contributed by atoms with Crippen LogP contribution in [0.1, 0.15) is 29.6 Å². The molecule has 134 valence electrons. The maximum Gasteiger partial charge on any atom is 0.343 e. The summed E-state index contributed by atoms with van der Waals surface area (Å²) >= 11 is 0. The second kappa shape index (κ2) is 6.82. The topological polar surface area (TPSA) is 77.9 Å². The minimum Gasteiger partial charge on any atom is -0.479 e. The second-order valence-electron chi connectivity index (χ2n) is 6.74. The molecule has 25 heavy (non-hydrogen) atoms. The van der Waals surface area contributed by atoms with Crippen LogP contribution in [0.5, 0.6) is 0 Å². The number of carbonyl (C=O) groups excluding carboxylic acids is 2. The Kier molecular flexibility index (Phi) is 4.74. The maximum atomic E-state index is 14.2. The summed E-state index contributed by atoms with van der Waals surface area (Å²) in [5.74, 6) is -2.30. The molecule has 2 unspecified atom stereocenters. The monoisotopic (exact) mass is 348 g/mol. The lowest BCUT2D eigenvalue weighted by molar-refractivity contribution is -0.150. The van der Waals surface area contributed by atoms with Crippen LogP contribution in [-0.4, -0.2) is 64.5 Å². The van der Waals surface area contributed by atoms with Crippen LogP contribution in [0.3, 0.4) is 0 Å². The molecule has 7 heteroatoms. The van der Waals surface area contributed by atoms with Gasteiger partial charge in [0, 0.05) is 31.6 Å². The van der Waals surface area contributed by atoms with Crippen molar-refractivity contribution in [1.82, 2.24) is 9.80 Å². The van der Waals surface area contributed by atoms with E-state index in [2.05, 4.69) is 0 Å². The van der Waals surface area contributed by atoms with Gasteiger partial charge in [0.25, 0.3) is 5.91 Å². The Morgan fingerprint density at radius 2 is 1.84 bits per heavy atom. The molecule has 2 aliphatic rings. The number of likely N-dealkylation sites (tertiary alicyclic amines) is 2. The van der Waals surface area contributed by atoms with Gasteiger partial charge in [-0.05, 0) is 25.0 Å². The van der Waals surface area contributed by atoms with Crippen molar-refractivity contribution < 1.29 is 23.9 Å². The van der Waals surface area contributed by atoms with Crippen LogP contribution in [-0.2, 0) is 9.59 Å². The van der Waals surface area contributed by atoms with E-state index >= 15 is 0 Å². The van der Waals surface area contributed by atoms with E-state index in [9.17, 15) is 18.8 Å². The highest BCUT2D eigenvalue weighted by molar-refractivity contribution is 5.94. The zero-order valence-corrected chi connectivity index (χ0v) is 13.9. The number of carboxylic acids is 1. The van der Waals surface area contributed by atoms with Crippen LogP contribution in [0.25, 0.3) is 0 Å². The smallest absolute Gasteiger partial charge is 0.343 e. The number of carbonyl (C=O) groups is 3. The summed E-state index contributed by atoms with van der Waals surface area (Å²) in [5, 5.41) is 8.96. The van der Waals surface area contributed by atoms with Crippen molar-refractivity contribution in [2.75, 3.05) is 26.2 Å². The van der Waals surface area contributed by atoms with Crippen molar-refractivity contribution in [2.24, 2.45) is 5.92 Å². The minimum absolute atomic E-state index is 0.102. The summed E-state index contributed by atoms with van der Waals surface area (Å²) in [6.07, 6.45) is 1.14. The number of aliphatic carboxylic acids is 1. The average molecular weight is 348 g/mol. The molecule has 2 aliphatic heterocycles. The van der Waals surface area contributed by atoms with Gasteiger partial charge in [0.15, 0.2) is 0 Å². The van der Waals surface area contributed by atoms with Crippen LogP contribution >= 0.6 is 0 Å². The highest BCUT2D eigenvalue weighted by atomic mass is 19.1. The Morgan fingerprint density at radius 3 is 2.48 bits per heavy atom. The SMILES string of the molecule is O=C(c1ccccc1)N1CCCC(C(=O)N2CCC(F)(C(=O)O)C2)C1. The fourth-order valence-corrected chi connectivity index (χ4v) is 3.52. The molecule has 1 N–H and O–H groups in total. The first-order chi connectivity index (χ1) is 11.9. The van der Waals surface area contributed by atoms with Gasteiger partial charge in [-0.1, -0.05) is 18.2 Å². The van der Waals surface area contributed by atoms with Gasteiger partial charge in [-0.15, -0.1) is 0 Å². The van der Waals surface area contributed by atoms with Gasteiger partial charge in [-0.3, -0.25) is 9.59 Å². The fourth-order valence-electron chi connectivity index (χ4n) is 3.52. The predicted octanol–water partition coefficient (Wildman–Crippen LogP) is 1.56. The maximum absolute atomic E-state index is 14.2. The van der Waals surface area contributed by atoms with E-state index in [0.29, 0.717) is 24.9 Å². The third-order valence-electron chi connectivity index (χ3n) is 4.99. The van der Waals surface area contributed by atoms with Gasteiger partial charge < -0.3 is 14.9 Å². The van der Waals surface area contributed by atoms with Crippen molar-refractivity contribution in [3.8, 4) is 0 Å². The number of nitrogens with zero attached hydrogens (tertiary/aromatic N) is 2. The highest BCUT2D eigenvalue weighted by Gasteiger charge is 2.48. The number of halogens is 1. The number of hydrogen-bond donors (Lipinski definition) is 1. The fraction of sp³-hybridized carbons (Fsp3) is 0.500. The third kappa shape index (κ3) is 3.50. The first-order valence-corrected chi connectivity index (χ1v) is 8.46. The van der Waals surface area contributed by atoms with Crippen LogP contribution < -0.4 is 0 Å². The second-order valence-corrected chi connectivity index (χ2v) is 6.74. The van der Waals surface area contributed by atoms with Gasteiger partial charge >= 0.3 is 5.97 Å². The molecule has 0 aromatic heterocycles. The number of amides is 2. The molecule has 2 fully saturated rings. The standard InChI is InChI=1S/C18H21FN2O4/c19-18(17(24)25)8-10-21(12-18)16(23)14-7-4-9-20(11-14)15(22)13-5-2-1-3-6-13/h1-3,5-6,14H,4,7-12H2,(H,24,25). The van der Waals surface area contributed by atoms with Gasteiger partial charge in [0.05, 0.1) is 12.5 Å². The van der Waals surface area contributed by atoms with Crippen molar-refractivity contribution in [1.29, 1.82) is 0 Å². The average Bonchev–Trinajstić information content (AvgIpc) is 3.05. The van der Waals surface area contributed by atoms with Gasteiger partial charge in [0.1, 0.15) is 0 Å². The number of piperidine rings is 1. The van der Waals surface area contributed by atoms with Gasteiger partial charge in [-0.2, -0.15) is 0 Å². The number of benzene rings is 1. The molecular formula is C18H21FN2O4. The molecule has 2 heterocycles. The molecule has 2 atom stereocenters. The van der Waals surface area contributed by atoms with Gasteiger partial charge in [0.2, 0.25) is 11.6 Å². The van der Waals surface area contributed by atoms with E-state index in [1.807, 2.05) is 6.07 Å². The van der Waals surface area contributed by atoms with Crippen molar-refractivity contribution >= 4 is 17.8 Å². The number of rotatable bonds is 3. The van der Waals surface area contributed by atoms with Gasteiger partial charge in [-0.25, -0.2) is 9.18 Å². The van der Waals surface area contributed by atoms with E-state index in [0.717, 1.165) is 0 Å². The van der Waals surface area contributed by atoms with E-state index in [1.165, 1.54) is 4.90 Å². The van der Waals surface area contributed by atoms with Crippen molar-refractivity contribution in [3.05, 3.63) is 35.9 Å². The number of hydrogen-bond acceptors (Lipinski definition) is 3. The Bertz CT molecular complexity index is 681. The summed E-state index contributed by atoms with van der Waals surface area (Å²) < 4.78 is 14.2. The van der Waals surface area contributed by atoms with Crippen LogP contribution in [0.4, 0.5) is 4.39 Å². The van der Waals surface area contributed by atoms with Crippen molar-refractivity contribution in [2.45, 2.75) is 24.9 Å². The lowest BCUT2D eigenvalue weighted by Crippen LogP contribution is -2.47. The normalized spacial score (nSPS) is 26.5. The van der Waals surface area contributed by atoms with Crippen LogP contribution in [0.15, 0.2) is 30.3 Å². The third-order valence-corrected chi connectivity index (χ3v) is 4.99. The first kappa shape index (κ1) is 17.4. The summed E-state index contributed by atoms with van der Waals surface area (Å²) in [6.45, 7) is 0.560. The van der Waals surface area contributed by atoms with E-state index < -0.39 is 24.1 Å². The minimum atomic E-state index is -2.36. The van der Waals surface area contributed by atoms with E-state index in [4.69, 9.17) is 5.11 Å². The molecule has 0 radical (unpaired) electrons. The number of alkyl halides is 1. The summed E-state index contributed by atoms with van der Waals surface area (Å²) in [5.41, 5.74) is -1.78.